The van der Waals surface area contributed by atoms with Crippen molar-refractivity contribution in [3.05, 3.63) is 158 Å². The number of hydrogen-bond acceptors (Lipinski definition) is 6. The fourth-order valence-electron chi connectivity index (χ4n) is 5.83. The normalized spacial score (nSPS) is 11.2. The van der Waals surface area contributed by atoms with Crippen LogP contribution in [0.2, 0.25) is 0 Å². The molecule has 8 rings (SSSR count). The van der Waals surface area contributed by atoms with Crippen LogP contribution in [0.3, 0.4) is 0 Å². The van der Waals surface area contributed by atoms with Gasteiger partial charge in [0.1, 0.15) is 0 Å². The maximum atomic E-state index is 5.04. The van der Waals surface area contributed by atoms with Crippen LogP contribution in [-0.2, 0) is 0 Å². The SMILES string of the molecule is c1ccc(N(c2ccccc2)c2cnc3c(c2)c2nccnc2c2cc(N(c4ccccc4)c4ccccc4)cnc23)cc1. The number of anilines is 6. The van der Waals surface area contributed by atoms with Crippen LogP contribution in [0.5, 0.6) is 0 Å². The highest BCUT2D eigenvalue weighted by Gasteiger charge is 2.20. The molecule has 0 spiro atoms. The van der Waals surface area contributed by atoms with Crippen LogP contribution in [0.4, 0.5) is 34.1 Å². The molecule has 0 unspecified atom stereocenters. The predicted octanol–water partition coefficient (Wildman–Crippen LogP) is 9.67. The van der Waals surface area contributed by atoms with Gasteiger partial charge in [-0.15, -0.1) is 0 Å². The highest BCUT2D eigenvalue weighted by Crippen LogP contribution is 2.40. The molecule has 0 radical (unpaired) electrons. The number of hydrogen-bond donors (Lipinski definition) is 0. The van der Waals surface area contributed by atoms with Crippen LogP contribution in [0, 0.1) is 0 Å². The van der Waals surface area contributed by atoms with Gasteiger partial charge in [0.2, 0.25) is 0 Å². The lowest BCUT2D eigenvalue weighted by Gasteiger charge is -2.26. The number of pyridine rings is 2. The third-order valence-corrected chi connectivity index (χ3v) is 7.75. The van der Waals surface area contributed by atoms with E-state index in [1.165, 1.54) is 0 Å². The van der Waals surface area contributed by atoms with Crippen molar-refractivity contribution in [3.8, 4) is 0 Å². The lowest BCUT2D eigenvalue weighted by atomic mass is 10.1. The van der Waals surface area contributed by atoms with Crippen molar-refractivity contribution in [2.24, 2.45) is 0 Å². The summed E-state index contributed by atoms with van der Waals surface area (Å²) < 4.78 is 0. The Morgan fingerprint density at radius 2 is 0.614 bits per heavy atom. The van der Waals surface area contributed by atoms with E-state index in [0.717, 1.165) is 67.0 Å². The molecule has 208 valence electrons. The summed E-state index contributed by atoms with van der Waals surface area (Å²) in [5, 5.41) is 1.80. The number of aromatic nitrogens is 4. The monoisotopic (exact) mass is 566 g/mol. The van der Waals surface area contributed by atoms with Gasteiger partial charge in [0, 0.05) is 45.9 Å². The number of nitrogens with zero attached hydrogens (tertiary/aromatic N) is 6. The Morgan fingerprint density at radius 1 is 0.318 bits per heavy atom. The first-order valence-electron chi connectivity index (χ1n) is 14.5. The number of benzene rings is 5. The Hall–Kier alpha value is -6.14. The Bertz CT molecular complexity index is 1960. The van der Waals surface area contributed by atoms with Gasteiger partial charge in [-0.25, -0.2) is 0 Å². The first kappa shape index (κ1) is 25.6. The maximum absolute atomic E-state index is 5.04. The average Bonchev–Trinajstić information content (AvgIpc) is 3.10. The largest absolute Gasteiger partial charge is 0.309 e. The molecule has 0 amide bonds. The van der Waals surface area contributed by atoms with E-state index >= 15 is 0 Å². The minimum atomic E-state index is 0.787. The zero-order valence-electron chi connectivity index (χ0n) is 23.7. The number of fused-ring (bicyclic) bond motifs is 6. The van der Waals surface area contributed by atoms with E-state index in [1.807, 2.05) is 85.2 Å². The highest BCUT2D eigenvalue weighted by atomic mass is 15.2. The van der Waals surface area contributed by atoms with Crippen LogP contribution in [0.15, 0.2) is 158 Å². The van der Waals surface area contributed by atoms with E-state index in [0.29, 0.717) is 0 Å². The molecule has 0 fully saturated rings. The summed E-state index contributed by atoms with van der Waals surface area (Å²) >= 11 is 0. The molecule has 0 atom stereocenters. The van der Waals surface area contributed by atoms with Crippen LogP contribution >= 0.6 is 0 Å². The molecule has 0 N–H and O–H groups in total. The maximum Gasteiger partial charge on any atom is 0.0989 e. The summed E-state index contributed by atoms with van der Waals surface area (Å²) in [6, 6.07) is 45.6. The Labute approximate surface area is 254 Å². The molecule has 0 saturated heterocycles. The minimum absolute atomic E-state index is 0.787. The van der Waals surface area contributed by atoms with Crippen molar-refractivity contribution in [1.82, 2.24) is 19.9 Å². The fraction of sp³-hybridized carbons (Fsp3) is 0. The molecular weight excluding hydrogens is 540 g/mol. The van der Waals surface area contributed by atoms with Gasteiger partial charge in [-0.2, -0.15) is 0 Å². The molecule has 0 aliphatic heterocycles. The molecule has 44 heavy (non-hydrogen) atoms. The van der Waals surface area contributed by atoms with Crippen LogP contribution in [-0.4, -0.2) is 19.9 Å². The molecule has 3 aromatic heterocycles. The molecular formula is C38H26N6. The van der Waals surface area contributed by atoms with Crippen molar-refractivity contribution in [2.45, 2.75) is 0 Å². The van der Waals surface area contributed by atoms with Crippen molar-refractivity contribution in [1.29, 1.82) is 0 Å². The highest BCUT2D eigenvalue weighted by molar-refractivity contribution is 6.21. The van der Waals surface area contributed by atoms with E-state index in [2.05, 4.69) is 70.5 Å². The quantitative estimate of drug-likeness (QED) is 0.187. The standard InChI is InChI=1S/C38H26N6/c1-5-13-27(14-6-1)43(28-15-7-2-8-16-28)31-23-33-35-36(40-22-21-39-35)34-24-32(26-42-38(34)37(33)41-25-31)44(29-17-9-3-10-18-29)30-19-11-4-12-20-30/h1-26H. The van der Waals surface area contributed by atoms with E-state index in [1.54, 1.807) is 12.4 Å². The van der Waals surface area contributed by atoms with E-state index < -0.39 is 0 Å². The lowest BCUT2D eigenvalue weighted by Crippen LogP contribution is -2.11. The van der Waals surface area contributed by atoms with Gasteiger partial charge < -0.3 is 9.80 Å². The van der Waals surface area contributed by atoms with Crippen molar-refractivity contribution >= 4 is 67.0 Å². The first-order valence-corrected chi connectivity index (χ1v) is 14.5. The third-order valence-electron chi connectivity index (χ3n) is 7.75. The first-order chi connectivity index (χ1) is 21.8. The predicted molar refractivity (Wildman–Crippen MR) is 180 cm³/mol. The second kappa shape index (κ2) is 10.9. The Morgan fingerprint density at radius 3 is 0.932 bits per heavy atom. The van der Waals surface area contributed by atoms with Gasteiger partial charge in [0.05, 0.1) is 45.8 Å². The van der Waals surface area contributed by atoms with Crippen LogP contribution in [0.25, 0.3) is 32.8 Å². The Kier molecular flexibility index (Phi) is 6.35. The molecule has 0 bridgehead atoms. The Balaban J connectivity index is 1.35. The smallest absolute Gasteiger partial charge is 0.0989 e. The van der Waals surface area contributed by atoms with Crippen molar-refractivity contribution < 1.29 is 0 Å². The van der Waals surface area contributed by atoms with E-state index in [-0.39, 0.29) is 0 Å². The molecule has 0 saturated carbocycles. The lowest BCUT2D eigenvalue weighted by molar-refractivity contribution is 1.24. The second-order valence-electron chi connectivity index (χ2n) is 10.4. The van der Waals surface area contributed by atoms with Gasteiger partial charge in [0.25, 0.3) is 0 Å². The topological polar surface area (TPSA) is 58.0 Å². The summed E-state index contributed by atoms with van der Waals surface area (Å²) in [7, 11) is 0. The van der Waals surface area contributed by atoms with Crippen molar-refractivity contribution in [2.75, 3.05) is 9.80 Å². The van der Waals surface area contributed by atoms with Gasteiger partial charge in [0.15, 0.2) is 0 Å². The number of para-hydroxylation sites is 4. The summed E-state index contributed by atoms with van der Waals surface area (Å²) in [5.41, 5.74) is 9.17. The minimum Gasteiger partial charge on any atom is -0.309 e. The van der Waals surface area contributed by atoms with Crippen molar-refractivity contribution in [3.63, 3.8) is 0 Å². The molecule has 0 aliphatic carbocycles. The second-order valence-corrected chi connectivity index (χ2v) is 10.4. The summed E-state index contributed by atoms with van der Waals surface area (Å²) in [4.78, 5) is 24.1. The summed E-state index contributed by atoms with van der Waals surface area (Å²) in [6.07, 6.45) is 7.31. The summed E-state index contributed by atoms with van der Waals surface area (Å²) in [6.45, 7) is 0. The van der Waals surface area contributed by atoms with Gasteiger partial charge >= 0.3 is 0 Å². The third kappa shape index (κ3) is 4.46. The van der Waals surface area contributed by atoms with Crippen LogP contribution < -0.4 is 9.80 Å². The molecule has 5 aromatic carbocycles. The van der Waals surface area contributed by atoms with Gasteiger partial charge in [-0.1, -0.05) is 72.8 Å². The zero-order chi connectivity index (χ0) is 29.3. The van der Waals surface area contributed by atoms with Gasteiger partial charge in [-0.05, 0) is 60.7 Å². The van der Waals surface area contributed by atoms with Gasteiger partial charge in [-0.3, -0.25) is 19.9 Å². The molecule has 6 nitrogen and oxygen atoms in total. The molecule has 3 heterocycles. The average molecular weight is 567 g/mol. The van der Waals surface area contributed by atoms with Crippen LogP contribution in [0.1, 0.15) is 0 Å². The number of rotatable bonds is 6. The summed E-state index contributed by atoms with van der Waals surface area (Å²) in [5.74, 6) is 0. The van der Waals surface area contributed by atoms with E-state index in [9.17, 15) is 0 Å². The zero-order valence-corrected chi connectivity index (χ0v) is 23.7. The molecule has 8 aromatic rings. The molecule has 6 heteroatoms. The van der Waals surface area contributed by atoms with E-state index in [4.69, 9.17) is 19.9 Å². The fourth-order valence-corrected chi connectivity index (χ4v) is 5.83. The molecule has 0 aliphatic rings.